The molecule has 2 aromatic carbocycles. The number of hydrogen-bond acceptors (Lipinski definition) is 2. The molecule has 0 atom stereocenters. The predicted octanol–water partition coefficient (Wildman–Crippen LogP) is 4.27. The lowest BCUT2D eigenvalue weighted by atomic mass is 10.1. The van der Waals surface area contributed by atoms with Gasteiger partial charge in [0.15, 0.2) is 5.78 Å². The predicted molar refractivity (Wildman–Crippen MR) is 82.7 cm³/mol. The minimum absolute atomic E-state index is 0.0890. The molecule has 2 rings (SSSR count). The van der Waals surface area contributed by atoms with Gasteiger partial charge in [0, 0.05) is 21.8 Å². The van der Waals surface area contributed by atoms with Crippen LogP contribution in [-0.4, -0.2) is 12.0 Å². The molecular formula is C15H12INO. The molecule has 0 aliphatic carbocycles. The largest absolute Gasteiger partial charge is 0.294 e. The van der Waals surface area contributed by atoms with Crippen molar-refractivity contribution in [3.05, 3.63) is 63.7 Å². The van der Waals surface area contributed by atoms with E-state index in [-0.39, 0.29) is 5.78 Å². The molecular weight excluding hydrogens is 337 g/mol. The minimum Gasteiger partial charge on any atom is -0.294 e. The van der Waals surface area contributed by atoms with Crippen LogP contribution in [0.25, 0.3) is 0 Å². The summed E-state index contributed by atoms with van der Waals surface area (Å²) in [4.78, 5) is 16.1. The van der Waals surface area contributed by atoms with E-state index in [1.807, 2.05) is 54.6 Å². The highest BCUT2D eigenvalue weighted by atomic mass is 127. The maximum atomic E-state index is 11.9. The average molecular weight is 349 g/mol. The van der Waals surface area contributed by atoms with Crippen LogP contribution in [0.4, 0.5) is 5.69 Å². The summed E-state index contributed by atoms with van der Waals surface area (Å²) in [5, 5.41) is 0. The number of ketones is 1. The van der Waals surface area contributed by atoms with Gasteiger partial charge in [0.2, 0.25) is 0 Å². The Morgan fingerprint density at radius 2 is 1.72 bits per heavy atom. The Morgan fingerprint density at radius 3 is 2.39 bits per heavy atom. The fourth-order valence-corrected chi connectivity index (χ4v) is 1.86. The van der Waals surface area contributed by atoms with Crippen LogP contribution in [0.2, 0.25) is 0 Å². The second kappa shape index (κ2) is 6.44. The van der Waals surface area contributed by atoms with Crippen molar-refractivity contribution in [2.45, 2.75) is 6.42 Å². The third kappa shape index (κ3) is 3.77. The van der Waals surface area contributed by atoms with E-state index in [4.69, 9.17) is 0 Å². The van der Waals surface area contributed by atoms with Gasteiger partial charge in [-0.2, -0.15) is 0 Å². The molecule has 0 saturated carbocycles. The molecule has 3 heteroatoms. The zero-order valence-corrected chi connectivity index (χ0v) is 11.9. The number of carbonyl (C=O) groups excluding carboxylic acids is 1. The van der Waals surface area contributed by atoms with Crippen molar-refractivity contribution in [3.8, 4) is 0 Å². The summed E-state index contributed by atoms with van der Waals surface area (Å²) in [5.74, 6) is 0.0890. The second-order valence-electron chi connectivity index (χ2n) is 3.78. The van der Waals surface area contributed by atoms with Crippen molar-refractivity contribution >= 4 is 40.3 Å². The van der Waals surface area contributed by atoms with Crippen LogP contribution in [-0.2, 0) is 0 Å². The van der Waals surface area contributed by atoms with Gasteiger partial charge < -0.3 is 0 Å². The van der Waals surface area contributed by atoms with Crippen LogP contribution in [0.3, 0.4) is 0 Å². The highest BCUT2D eigenvalue weighted by Crippen LogP contribution is 2.10. The molecule has 0 radical (unpaired) electrons. The standard InChI is InChI=1S/C15H12INO/c16-13-8-6-12(7-9-13)15(18)10-11-17-14-4-2-1-3-5-14/h1-9,11H,10H2. The van der Waals surface area contributed by atoms with Gasteiger partial charge in [-0.1, -0.05) is 30.3 Å². The molecule has 0 amide bonds. The van der Waals surface area contributed by atoms with E-state index in [0.717, 1.165) is 14.8 Å². The first-order chi connectivity index (χ1) is 8.75. The van der Waals surface area contributed by atoms with Crippen LogP contribution in [0.15, 0.2) is 59.6 Å². The van der Waals surface area contributed by atoms with Crippen molar-refractivity contribution < 1.29 is 4.79 Å². The van der Waals surface area contributed by atoms with E-state index in [0.29, 0.717) is 6.42 Å². The third-order valence-electron chi connectivity index (χ3n) is 2.44. The van der Waals surface area contributed by atoms with Gasteiger partial charge in [0.05, 0.1) is 5.69 Å². The number of rotatable bonds is 4. The van der Waals surface area contributed by atoms with Crippen LogP contribution in [0.1, 0.15) is 16.8 Å². The molecule has 0 spiro atoms. The number of halogens is 1. The highest BCUT2D eigenvalue weighted by molar-refractivity contribution is 14.1. The first-order valence-electron chi connectivity index (χ1n) is 5.62. The van der Waals surface area contributed by atoms with Crippen molar-refractivity contribution in [2.24, 2.45) is 4.99 Å². The van der Waals surface area contributed by atoms with E-state index in [9.17, 15) is 4.79 Å². The summed E-state index contributed by atoms with van der Waals surface area (Å²) in [7, 11) is 0. The number of aliphatic imine (C=N–C) groups is 1. The number of hydrogen-bond donors (Lipinski definition) is 0. The molecule has 0 bridgehead atoms. The number of nitrogens with zero attached hydrogens (tertiary/aromatic N) is 1. The van der Waals surface area contributed by atoms with Crippen LogP contribution < -0.4 is 0 Å². The minimum atomic E-state index is 0.0890. The smallest absolute Gasteiger partial charge is 0.168 e. The summed E-state index contributed by atoms with van der Waals surface area (Å²) in [6.45, 7) is 0. The zero-order chi connectivity index (χ0) is 12.8. The molecule has 2 aromatic rings. The Labute approximate surface area is 120 Å². The fraction of sp³-hybridized carbons (Fsp3) is 0.0667. The lowest BCUT2D eigenvalue weighted by Crippen LogP contribution is -1.99. The third-order valence-corrected chi connectivity index (χ3v) is 3.16. The molecule has 0 heterocycles. The molecule has 0 aliphatic heterocycles. The zero-order valence-electron chi connectivity index (χ0n) is 9.71. The van der Waals surface area contributed by atoms with Crippen molar-refractivity contribution in [1.82, 2.24) is 0 Å². The van der Waals surface area contributed by atoms with E-state index in [1.54, 1.807) is 6.21 Å². The lowest BCUT2D eigenvalue weighted by Gasteiger charge is -1.97. The number of carbonyl (C=O) groups is 1. The lowest BCUT2D eigenvalue weighted by molar-refractivity contribution is 0.100. The van der Waals surface area contributed by atoms with E-state index < -0.39 is 0 Å². The summed E-state index contributed by atoms with van der Waals surface area (Å²) in [5.41, 5.74) is 1.60. The van der Waals surface area contributed by atoms with E-state index >= 15 is 0 Å². The van der Waals surface area contributed by atoms with E-state index in [2.05, 4.69) is 27.6 Å². The van der Waals surface area contributed by atoms with Gasteiger partial charge in [0.1, 0.15) is 0 Å². The summed E-state index contributed by atoms with van der Waals surface area (Å²) >= 11 is 2.22. The van der Waals surface area contributed by atoms with Crippen LogP contribution >= 0.6 is 22.6 Å². The fourth-order valence-electron chi connectivity index (χ4n) is 1.50. The van der Waals surface area contributed by atoms with Gasteiger partial charge in [-0.3, -0.25) is 9.79 Å². The van der Waals surface area contributed by atoms with Crippen LogP contribution in [0, 0.1) is 3.57 Å². The Bertz CT molecular complexity index is 546. The molecule has 0 N–H and O–H groups in total. The topological polar surface area (TPSA) is 29.4 Å². The highest BCUT2D eigenvalue weighted by Gasteiger charge is 2.03. The summed E-state index contributed by atoms with van der Waals surface area (Å²) in [6, 6.07) is 17.2. The first kappa shape index (κ1) is 13.0. The molecule has 0 unspecified atom stereocenters. The Balaban J connectivity index is 1.96. The van der Waals surface area contributed by atoms with Gasteiger partial charge in [-0.15, -0.1) is 0 Å². The maximum absolute atomic E-state index is 11.9. The first-order valence-corrected chi connectivity index (χ1v) is 6.70. The van der Waals surface area contributed by atoms with Gasteiger partial charge in [-0.05, 0) is 46.9 Å². The van der Waals surface area contributed by atoms with Gasteiger partial charge >= 0.3 is 0 Å². The molecule has 18 heavy (non-hydrogen) atoms. The van der Waals surface area contributed by atoms with Gasteiger partial charge in [0.25, 0.3) is 0 Å². The number of para-hydroxylation sites is 1. The van der Waals surface area contributed by atoms with Crippen LogP contribution in [0.5, 0.6) is 0 Å². The quantitative estimate of drug-likeness (QED) is 0.461. The maximum Gasteiger partial charge on any atom is 0.168 e. The number of benzene rings is 2. The Morgan fingerprint density at radius 1 is 1.06 bits per heavy atom. The molecule has 2 nitrogen and oxygen atoms in total. The van der Waals surface area contributed by atoms with E-state index in [1.165, 1.54) is 0 Å². The average Bonchev–Trinajstić information content (AvgIpc) is 2.40. The molecule has 0 fully saturated rings. The van der Waals surface area contributed by atoms with Crippen molar-refractivity contribution in [3.63, 3.8) is 0 Å². The molecule has 0 saturated heterocycles. The Hall–Kier alpha value is -1.49. The second-order valence-corrected chi connectivity index (χ2v) is 5.03. The molecule has 90 valence electrons. The normalized spacial score (nSPS) is 10.7. The summed E-state index contributed by atoms with van der Waals surface area (Å²) < 4.78 is 1.13. The Kier molecular flexibility index (Phi) is 4.64. The molecule has 0 aromatic heterocycles. The van der Waals surface area contributed by atoms with Crippen molar-refractivity contribution in [1.29, 1.82) is 0 Å². The van der Waals surface area contributed by atoms with Gasteiger partial charge in [-0.25, -0.2) is 0 Å². The van der Waals surface area contributed by atoms with Crippen molar-refractivity contribution in [2.75, 3.05) is 0 Å². The number of Topliss-reactive ketones (excluding diaryl/α,β-unsaturated/α-hetero) is 1. The summed E-state index contributed by atoms with van der Waals surface area (Å²) in [6.07, 6.45) is 1.99. The SMILES string of the molecule is O=C(CC=Nc1ccccc1)c1ccc(I)cc1. The molecule has 0 aliphatic rings. The monoisotopic (exact) mass is 349 g/mol.